The van der Waals surface area contributed by atoms with Crippen molar-refractivity contribution < 1.29 is 0 Å². The summed E-state index contributed by atoms with van der Waals surface area (Å²) in [5.41, 5.74) is 1.85. The standard InChI is InChI=1S/C14H16BrClN4/c1-4-17-13-8(2)14(19-9(3)18-13)20-12-7-10(16)5-6-11(12)15/h5-7H,4H2,1-3H3,(H2,17,18,19,20). The number of nitrogens with zero attached hydrogens (tertiary/aromatic N) is 2. The predicted molar refractivity (Wildman–Crippen MR) is 88.1 cm³/mol. The highest BCUT2D eigenvalue weighted by molar-refractivity contribution is 9.10. The van der Waals surface area contributed by atoms with Gasteiger partial charge >= 0.3 is 0 Å². The number of hydrogen-bond donors (Lipinski definition) is 2. The van der Waals surface area contributed by atoms with Crippen LogP contribution < -0.4 is 10.6 Å². The van der Waals surface area contributed by atoms with Crippen LogP contribution in [-0.4, -0.2) is 16.5 Å². The molecule has 0 bridgehead atoms. The van der Waals surface area contributed by atoms with Gasteiger partial charge in [0.2, 0.25) is 0 Å². The molecule has 20 heavy (non-hydrogen) atoms. The van der Waals surface area contributed by atoms with Gasteiger partial charge in [0, 0.05) is 21.6 Å². The Bertz CT molecular complexity index is 631. The molecule has 6 heteroatoms. The lowest BCUT2D eigenvalue weighted by Crippen LogP contribution is -2.07. The highest BCUT2D eigenvalue weighted by atomic mass is 79.9. The molecule has 0 fully saturated rings. The summed E-state index contributed by atoms with van der Waals surface area (Å²) in [7, 11) is 0. The van der Waals surface area contributed by atoms with Gasteiger partial charge in [-0.1, -0.05) is 11.6 Å². The normalized spacial score (nSPS) is 10.4. The maximum absolute atomic E-state index is 6.03. The van der Waals surface area contributed by atoms with Gasteiger partial charge in [0.15, 0.2) is 0 Å². The first-order valence-electron chi connectivity index (χ1n) is 6.32. The van der Waals surface area contributed by atoms with Crippen LogP contribution >= 0.6 is 27.5 Å². The zero-order valence-electron chi connectivity index (χ0n) is 11.6. The number of aromatic nitrogens is 2. The molecule has 106 valence electrons. The van der Waals surface area contributed by atoms with Gasteiger partial charge in [0.05, 0.1) is 5.69 Å². The van der Waals surface area contributed by atoms with Gasteiger partial charge in [-0.05, 0) is 54.9 Å². The molecule has 0 atom stereocenters. The Morgan fingerprint density at radius 3 is 2.60 bits per heavy atom. The third kappa shape index (κ3) is 3.41. The van der Waals surface area contributed by atoms with Gasteiger partial charge in [-0.15, -0.1) is 0 Å². The smallest absolute Gasteiger partial charge is 0.139 e. The lowest BCUT2D eigenvalue weighted by Gasteiger charge is -2.14. The molecule has 0 aliphatic heterocycles. The highest BCUT2D eigenvalue weighted by Crippen LogP contribution is 2.30. The summed E-state index contributed by atoms with van der Waals surface area (Å²) < 4.78 is 0.933. The fourth-order valence-electron chi connectivity index (χ4n) is 1.81. The zero-order chi connectivity index (χ0) is 14.7. The summed E-state index contributed by atoms with van der Waals surface area (Å²) in [6, 6.07) is 5.59. The quantitative estimate of drug-likeness (QED) is 0.835. The fourth-order valence-corrected chi connectivity index (χ4v) is 2.33. The van der Waals surface area contributed by atoms with Crippen molar-refractivity contribution in [2.24, 2.45) is 0 Å². The molecule has 0 spiro atoms. The number of halogens is 2. The SMILES string of the molecule is CCNc1nc(C)nc(Nc2cc(Cl)ccc2Br)c1C. The van der Waals surface area contributed by atoms with E-state index in [9.17, 15) is 0 Å². The molecular weight excluding hydrogens is 340 g/mol. The molecule has 2 aromatic rings. The van der Waals surface area contributed by atoms with E-state index in [1.54, 1.807) is 0 Å². The zero-order valence-corrected chi connectivity index (χ0v) is 13.9. The highest BCUT2D eigenvalue weighted by Gasteiger charge is 2.10. The molecule has 1 heterocycles. The van der Waals surface area contributed by atoms with E-state index in [-0.39, 0.29) is 0 Å². The van der Waals surface area contributed by atoms with E-state index in [4.69, 9.17) is 11.6 Å². The van der Waals surface area contributed by atoms with Gasteiger partial charge in [-0.2, -0.15) is 0 Å². The largest absolute Gasteiger partial charge is 0.370 e. The lowest BCUT2D eigenvalue weighted by atomic mass is 10.2. The number of anilines is 3. The van der Waals surface area contributed by atoms with E-state index in [1.807, 2.05) is 39.0 Å². The van der Waals surface area contributed by atoms with Gasteiger partial charge in [0.1, 0.15) is 17.5 Å². The Kier molecular flexibility index (Phi) is 4.83. The van der Waals surface area contributed by atoms with Crippen LogP contribution in [0.5, 0.6) is 0 Å². The number of hydrogen-bond acceptors (Lipinski definition) is 4. The minimum Gasteiger partial charge on any atom is -0.370 e. The molecule has 1 aromatic carbocycles. The van der Waals surface area contributed by atoms with E-state index in [0.29, 0.717) is 10.8 Å². The number of aryl methyl sites for hydroxylation is 1. The topological polar surface area (TPSA) is 49.8 Å². The molecule has 1 aromatic heterocycles. The summed E-state index contributed by atoms with van der Waals surface area (Å²) >= 11 is 9.53. The van der Waals surface area contributed by atoms with Crippen molar-refractivity contribution >= 4 is 44.9 Å². The molecule has 0 radical (unpaired) electrons. The number of rotatable bonds is 4. The average molecular weight is 356 g/mol. The van der Waals surface area contributed by atoms with Crippen LogP contribution in [0.15, 0.2) is 22.7 Å². The molecule has 0 aliphatic rings. The van der Waals surface area contributed by atoms with E-state index >= 15 is 0 Å². The second-order valence-electron chi connectivity index (χ2n) is 4.37. The Labute approximate surface area is 132 Å². The first-order chi connectivity index (χ1) is 9.51. The van der Waals surface area contributed by atoms with Crippen molar-refractivity contribution in [2.45, 2.75) is 20.8 Å². The van der Waals surface area contributed by atoms with Gasteiger partial charge in [0.25, 0.3) is 0 Å². The first-order valence-corrected chi connectivity index (χ1v) is 7.49. The van der Waals surface area contributed by atoms with Crippen molar-refractivity contribution in [2.75, 3.05) is 17.2 Å². The second-order valence-corrected chi connectivity index (χ2v) is 5.66. The summed E-state index contributed by atoms with van der Waals surface area (Å²) in [6.07, 6.45) is 0. The van der Waals surface area contributed by atoms with Gasteiger partial charge in [-0.25, -0.2) is 9.97 Å². The van der Waals surface area contributed by atoms with Crippen LogP contribution in [0.2, 0.25) is 5.02 Å². The molecule has 2 rings (SSSR count). The monoisotopic (exact) mass is 354 g/mol. The summed E-state index contributed by atoms with van der Waals surface area (Å²) in [6.45, 7) is 6.71. The van der Waals surface area contributed by atoms with Crippen molar-refractivity contribution in [3.8, 4) is 0 Å². The van der Waals surface area contributed by atoms with Crippen molar-refractivity contribution in [1.82, 2.24) is 9.97 Å². The molecule has 0 unspecified atom stereocenters. The number of benzene rings is 1. The Morgan fingerprint density at radius 1 is 1.20 bits per heavy atom. The van der Waals surface area contributed by atoms with Gasteiger partial charge < -0.3 is 10.6 Å². The van der Waals surface area contributed by atoms with E-state index in [2.05, 4.69) is 36.5 Å². The minimum atomic E-state index is 0.672. The summed E-state index contributed by atoms with van der Waals surface area (Å²) in [5, 5.41) is 7.21. The van der Waals surface area contributed by atoms with Crippen LogP contribution in [0.4, 0.5) is 17.3 Å². The molecule has 0 amide bonds. The number of nitrogens with one attached hydrogen (secondary N) is 2. The Morgan fingerprint density at radius 2 is 1.90 bits per heavy atom. The van der Waals surface area contributed by atoms with E-state index in [0.717, 1.165) is 33.9 Å². The molecule has 0 aliphatic carbocycles. The predicted octanol–water partition coefficient (Wildman–Crippen LogP) is 4.68. The van der Waals surface area contributed by atoms with Crippen LogP contribution in [0.3, 0.4) is 0 Å². The van der Waals surface area contributed by atoms with Gasteiger partial charge in [-0.3, -0.25) is 0 Å². The molecule has 0 saturated heterocycles. The molecule has 0 saturated carbocycles. The molecule has 4 nitrogen and oxygen atoms in total. The van der Waals surface area contributed by atoms with E-state index in [1.165, 1.54) is 0 Å². The van der Waals surface area contributed by atoms with E-state index < -0.39 is 0 Å². The first kappa shape index (κ1) is 15.1. The third-order valence-electron chi connectivity index (χ3n) is 2.78. The average Bonchev–Trinajstić information content (AvgIpc) is 2.39. The van der Waals surface area contributed by atoms with Crippen LogP contribution in [-0.2, 0) is 0 Å². The van der Waals surface area contributed by atoms with Crippen LogP contribution in [0.25, 0.3) is 0 Å². The maximum Gasteiger partial charge on any atom is 0.139 e. The Hall–Kier alpha value is -1.33. The summed E-state index contributed by atoms with van der Waals surface area (Å²) in [4.78, 5) is 8.86. The van der Waals surface area contributed by atoms with Crippen molar-refractivity contribution in [1.29, 1.82) is 0 Å². The van der Waals surface area contributed by atoms with Crippen molar-refractivity contribution in [3.05, 3.63) is 39.1 Å². The maximum atomic E-state index is 6.03. The minimum absolute atomic E-state index is 0.672. The van der Waals surface area contributed by atoms with Crippen molar-refractivity contribution in [3.63, 3.8) is 0 Å². The van der Waals surface area contributed by atoms with Crippen LogP contribution in [0.1, 0.15) is 18.3 Å². The van der Waals surface area contributed by atoms with Crippen LogP contribution in [0, 0.1) is 13.8 Å². The molecule has 2 N–H and O–H groups in total. The fraction of sp³-hybridized carbons (Fsp3) is 0.286. The Balaban J connectivity index is 2.40. The second kappa shape index (κ2) is 6.41. The lowest BCUT2D eigenvalue weighted by molar-refractivity contribution is 1.02. The third-order valence-corrected chi connectivity index (χ3v) is 3.71. The molecular formula is C14H16BrClN4. The summed E-state index contributed by atoms with van der Waals surface area (Å²) in [5.74, 6) is 2.34.